The van der Waals surface area contributed by atoms with Crippen molar-refractivity contribution in [3.05, 3.63) is 77.9 Å². The standard InChI is InChI=1S/C27H26N6O3S/c1-3-5-25(34)32(2)19-7-8-21-20(14-19)30-27(33(21)13-11-18-6-4-12-28-15-18)31-26(35)24-10-9-23(37-24)22-16-29-17-36-22/h4,6-10,12,14-17H,3,5,11,13H2,1-2H3,(H,30,31,35). The van der Waals surface area contributed by atoms with Gasteiger partial charge in [0.1, 0.15) is 0 Å². The highest BCUT2D eigenvalue weighted by Crippen LogP contribution is 2.29. The lowest BCUT2D eigenvalue weighted by molar-refractivity contribution is -0.118. The average molecular weight is 515 g/mol. The second-order valence-electron chi connectivity index (χ2n) is 8.56. The minimum atomic E-state index is -0.260. The van der Waals surface area contributed by atoms with Crippen molar-refractivity contribution in [3.8, 4) is 10.6 Å². The zero-order chi connectivity index (χ0) is 25.8. The molecule has 0 bridgehead atoms. The normalized spacial score (nSPS) is 11.1. The fourth-order valence-corrected chi connectivity index (χ4v) is 4.91. The van der Waals surface area contributed by atoms with E-state index in [4.69, 9.17) is 9.40 Å². The van der Waals surface area contributed by atoms with Crippen molar-refractivity contribution in [3.63, 3.8) is 0 Å². The molecule has 2 amide bonds. The highest BCUT2D eigenvalue weighted by atomic mass is 32.1. The number of pyridine rings is 1. The summed E-state index contributed by atoms with van der Waals surface area (Å²) in [7, 11) is 1.77. The Morgan fingerprint density at radius 3 is 2.78 bits per heavy atom. The van der Waals surface area contributed by atoms with Crippen LogP contribution in [-0.4, -0.2) is 38.4 Å². The highest BCUT2D eigenvalue weighted by Gasteiger charge is 2.19. The lowest BCUT2D eigenvalue weighted by atomic mass is 10.2. The number of hydrogen-bond donors (Lipinski definition) is 1. The van der Waals surface area contributed by atoms with E-state index in [0.717, 1.165) is 28.1 Å². The first-order valence-corrected chi connectivity index (χ1v) is 12.8. The smallest absolute Gasteiger partial charge is 0.268 e. The van der Waals surface area contributed by atoms with Crippen LogP contribution in [0.5, 0.6) is 0 Å². The van der Waals surface area contributed by atoms with Gasteiger partial charge in [-0.1, -0.05) is 13.0 Å². The maximum Gasteiger partial charge on any atom is 0.268 e. The Bertz CT molecular complexity index is 1520. The van der Waals surface area contributed by atoms with Gasteiger partial charge in [0.15, 0.2) is 12.2 Å². The molecule has 4 heterocycles. The molecule has 5 aromatic rings. The van der Waals surface area contributed by atoms with Gasteiger partial charge >= 0.3 is 0 Å². The van der Waals surface area contributed by atoms with Gasteiger partial charge in [-0.3, -0.25) is 19.9 Å². The van der Waals surface area contributed by atoms with E-state index in [9.17, 15) is 9.59 Å². The number of carbonyl (C=O) groups is 2. The van der Waals surface area contributed by atoms with Crippen molar-refractivity contribution in [2.75, 3.05) is 17.3 Å². The van der Waals surface area contributed by atoms with Crippen LogP contribution in [0.15, 0.2) is 71.9 Å². The average Bonchev–Trinajstić information content (AvgIpc) is 3.67. The van der Waals surface area contributed by atoms with Crippen LogP contribution in [0.4, 0.5) is 11.6 Å². The Balaban J connectivity index is 1.45. The second kappa shape index (κ2) is 10.8. The molecule has 0 radical (unpaired) electrons. The molecule has 0 unspecified atom stereocenters. The summed E-state index contributed by atoms with van der Waals surface area (Å²) in [5.74, 6) is 0.844. The van der Waals surface area contributed by atoms with Gasteiger partial charge < -0.3 is 13.9 Å². The zero-order valence-corrected chi connectivity index (χ0v) is 21.4. The van der Waals surface area contributed by atoms with Crippen LogP contribution in [0.2, 0.25) is 0 Å². The maximum atomic E-state index is 13.2. The van der Waals surface area contributed by atoms with E-state index in [0.29, 0.717) is 41.5 Å². The Morgan fingerprint density at radius 2 is 2.03 bits per heavy atom. The fraction of sp³-hybridized carbons (Fsp3) is 0.222. The number of benzene rings is 1. The molecule has 4 aromatic heterocycles. The Morgan fingerprint density at radius 1 is 1.14 bits per heavy atom. The molecular formula is C27H26N6O3S. The van der Waals surface area contributed by atoms with Crippen molar-refractivity contribution in [1.82, 2.24) is 19.5 Å². The Labute approximate surface area is 217 Å². The molecule has 0 saturated carbocycles. The first-order valence-electron chi connectivity index (χ1n) is 12.0. The summed E-state index contributed by atoms with van der Waals surface area (Å²) in [6.07, 6.45) is 8.53. The number of aromatic nitrogens is 4. The summed E-state index contributed by atoms with van der Waals surface area (Å²) in [5.41, 5.74) is 3.41. The van der Waals surface area contributed by atoms with Crippen LogP contribution < -0.4 is 10.2 Å². The van der Waals surface area contributed by atoms with Crippen molar-refractivity contribution >= 4 is 45.8 Å². The third kappa shape index (κ3) is 5.29. The van der Waals surface area contributed by atoms with Gasteiger partial charge in [0, 0.05) is 38.1 Å². The van der Waals surface area contributed by atoms with Crippen molar-refractivity contribution in [1.29, 1.82) is 0 Å². The van der Waals surface area contributed by atoms with Gasteiger partial charge in [0.2, 0.25) is 11.9 Å². The predicted molar refractivity (Wildman–Crippen MR) is 144 cm³/mol. The molecule has 5 rings (SSSR count). The first-order chi connectivity index (χ1) is 18.0. The van der Waals surface area contributed by atoms with E-state index < -0.39 is 0 Å². The number of rotatable bonds is 9. The van der Waals surface area contributed by atoms with Gasteiger partial charge in [-0.15, -0.1) is 11.3 Å². The van der Waals surface area contributed by atoms with E-state index in [1.807, 2.05) is 54.1 Å². The summed E-state index contributed by atoms with van der Waals surface area (Å²) in [6, 6.07) is 13.3. The number of fused-ring (bicyclic) bond motifs is 1. The quantitative estimate of drug-likeness (QED) is 0.282. The van der Waals surface area contributed by atoms with Crippen molar-refractivity contribution in [2.45, 2.75) is 32.7 Å². The molecular weight excluding hydrogens is 488 g/mol. The van der Waals surface area contributed by atoms with Crippen molar-refractivity contribution < 1.29 is 14.0 Å². The lowest BCUT2D eigenvalue weighted by Gasteiger charge is -2.17. The molecule has 1 aromatic carbocycles. The number of imidazole rings is 1. The number of nitrogens with one attached hydrogen (secondary N) is 1. The number of anilines is 2. The molecule has 9 nitrogen and oxygen atoms in total. The molecule has 37 heavy (non-hydrogen) atoms. The highest BCUT2D eigenvalue weighted by molar-refractivity contribution is 7.17. The Hall–Kier alpha value is -4.31. The number of oxazole rings is 1. The van der Waals surface area contributed by atoms with Crippen LogP contribution in [0, 0.1) is 0 Å². The van der Waals surface area contributed by atoms with Gasteiger partial charge in [0.05, 0.1) is 27.0 Å². The SMILES string of the molecule is CCCC(=O)N(C)c1ccc2c(c1)nc(NC(=O)c1ccc(-c3cnco3)s1)n2CCc1cccnc1. The molecule has 1 N–H and O–H groups in total. The largest absolute Gasteiger partial charge is 0.443 e. The third-order valence-electron chi connectivity index (χ3n) is 6.03. The minimum Gasteiger partial charge on any atom is -0.443 e. The summed E-state index contributed by atoms with van der Waals surface area (Å²) in [4.78, 5) is 41.5. The number of hydrogen-bond acceptors (Lipinski definition) is 7. The van der Waals surface area contributed by atoms with E-state index in [2.05, 4.69) is 15.3 Å². The summed E-state index contributed by atoms with van der Waals surface area (Å²) >= 11 is 1.32. The van der Waals surface area contributed by atoms with E-state index >= 15 is 0 Å². The molecule has 0 saturated heterocycles. The van der Waals surface area contributed by atoms with Gasteiger partial charge in [-0.25, -0.2) is 9.97 Å². The van der Waals surface area contributed by atoms with Gasteiger partial charge in [0.25, 0.3) is 5.91 Å². The number of amides is 2. The molecule has 0 fully saturated rings. The molecule has 0 aliphatic carbocycles. The molecule has 10 heteroatoms. The van der Waals surface area contributed by atoms with Crippen molar-refractivity contribution in [2.24, 2.45) is 0 Å². The fourth-order valence-electron chi connectivity index (χ4n) is 4.05. The third-order valence-corrected chi connectivity index (χ3v) is 7.13. The lowest BCUT2D eigenvalue weighted by Crippen LogP contribution is -2.25. The predicted octanol–water partition coefficient (Wildman–Crippen LogP) is 5.41. The zero-order valence-electron chi connectivity index (χ0n) is 20.5. The number of thiophene rings is 1. The topological polar surface area (TPSA) is 106 Å². The van der Waals surface area contributed by atoms with Gasteiger partial charge in [-0.05, 0) is 54.8 Å². The monoisotopic (exact) mass is 514 g/mol. The van der Waals surface area contributed by atoms with E-state index in [-0.39, 0.29) is 11.8 Å². The molecule has 0 atom stereocenters. The van der Waals surface area contributed by atoms with Crippen LogP contribution in [0.1, 0.15) is 35.0 Å². The van der Waals surface area contributed by atoms with Crippen LogP contribution in [0.25, 0.3) is 21.7 Å². The number of aryl methyl sites for hydroxylation is 2. The summed E-state index contributed by atoms with van der Waals surface area (Å²) in [5, 5.41) is 2.98. The molecule has 0 aliphatic heterocycles. The minimum absolute atomic E-state index is 0.0478. The summed E-state index contributed by atoms with van der Waals surface area (Å²) in [6.45, 7) is 2.57. The second-order valence-corrected chi connectivity index (χ2v) is 9.64. The first kappa shape index (κ1) is 24.4. The Kier molecular flexibility index (Phi) is 7.09. The number of carbonyl (C=O) groups excluding carboxylic acids is 2. The van der Waals surface area contributed by atoms with E-state index in [1.54, 1.807) is 30.4 Å². The molecule has 0 spiro atoms. The van der Waals surface area contributed by atoms with Crippen LogP contribution >= 0.6 is 11.3 Å². The summed E-state index contributed by atoms with van der Waals surface area (Å²) < 4.78 is 7.33. The van der Waals surface area contributed by atoms with Gasteiger partial charge in [-0.2, -0.15) is 0 Å². The van der Waals surface area contributed by atoms with E-state index in [1.165, 1.54) is 17.7 Å². The maximum absolute atomic E-state index is 13.2. The molecule has 0 aliphatic rings. The number of nitrogens with zero attached hydrogens (tertiary/aromatic N) is 5. The van der Waals surface area contributed by atoms with Crippen LogP contribution in [-0.2, 0) is 17.8 Å². The van der Waals surface area contributed by atoms with Crippen LogP contribution in [0.3, 0.4) is 0 Å². The molecule has 188 valence electrons.